The molecule has 0 aromatic heterocycles. The van der Waals surface area contributed by atoms with Gasteiger partial charge in [-0.2, -0.15) is 0 Å². The van der Waals surface area contributed by atoms with E-state index < -0.39 is 11.6 Å². The second-order valence-electron chi connectivity index (χ2n) is 6.66. The summed E-state index contributed by atoms with van der Waals surface area (Å²) in [6.45, 7) is 7.33. The molecule has 1 N–H and O–H groups in total. The summed E-state index contributed by atoms with van der Waals surface area (Å²) >= 11 is 0. The van der Waals surface area contributed by atoms with E-state index in [1.165, 1.54) is 18.9 Å². The van der Waals surface area contributed by atoms with E-state index in [9.17, 15) is 8.78 Å². The zero-order chi connectivity index (χ0) is 14.0. The summed E-state index contributed by atoms with van der Waals surface area (Å²) in [5.74, 6) is -1.15. The number of hydrogen-bond donors (Lipinski definition) is 1. The third-order valence-corrected chi connectivity index (χ3v) is 3.95. The van der Waals surface area contributed by atoms with Crippen molar-refractivity contribution in [2.75, 3.05) is 6.54 Å². The molecule has 1 fully saturated rings. The van der Waals surface area contributed by atoms with Crippen molar-refractivity contribution in [3.63, 3.8) is 0 Å². The van der Waals surface area contributed by atoms with Crippen molar-refractivity contribution in [3.8, 4) is 0 Å². The first-order valence-corrected chi connectivity index (χ1v) is 7.04. The predicted octanol–water partition coefficient (Wildman–Crippen LogP) is 3.92. The van der Waals surface area contributed by atoms with Gasteiger partial charge in [-0.15, -0.1) is 0 Å². The van der Waals surface area contributed by atoms with Gasteiger partial charge in [0.15, 0.2) is 11.6 Å². The first-order valence-electron chi connectivity index (χ1n) is 7.04. The Morgan fingerprint density at radius 3 is 2.53 bits per heavy atom. The van der Waals surface area contributed by atoms with Gasteiger partial charge >= 0.3 is 0 Å². The van der Waals surface area contributed by atoms with Crippen LogP contribution in [0.2, 0.25) is 0 Å². The zero-order valence-electron chi connectivity index (χ0n) is 12.0. The molecule has 0 saturated heterocycles. The van der Waals surface area contributed by atoms with E-state index in [0.717, 1.165) is 6.54 Å². The minimum Gasteiger partial charge on any atom is -0.314 e. The number of halogens is 2. The van der Waals surface area contributed by atoms with Gasteiger partial charge in [0.2, 0.25) is 0 Å². The Labute approximate surface area is 114 Å². The number of nitrogens with one attached hydrogen (secondary N) is 1. The van der Waals surface area contributed by atoms with Crippen LogP contribution in [0.15, 0.2) is 18.2 Å². The van der Waals surface area contributed by atoms with Gasteiger partial charge in [0.25, 0.3) is 0 Å². The number of hydrogen-bond acceptors (Lipinski definition) is 1. The lowest BCUT2D eigenvalue weighted by Gasteiger charge is -2.31. The van der Waals surface area contributed by atoms with E-state index in [4.69, 9.17) is 0 Å². The maximum absolute atomic E-state index is 13.8. The maximum atomic E-state index is 13.8. The summed E-state index contributed by atoms with van der Waals surface area (Å²) in [7, 11) is 0. The van der Waals surface area contributed by atoms with Crippen LogP contribution in [0.1, 0.15) is 39.2 Å². The van der Waals surface area contributed by atoms with Crippen molar-refractivity contribution in [1.29, 1.82) is 0 Å². The minimum atomic E-state index is -0.750. The Morgan fingerprint density at radius 2 is 1.95 bits per heavy atom. The normalized spacial score (nSPS) is 17.5. The van der Waals surface area contributed by atoms with Crippen LogP contribution in [0.25, 0.3) is 0 Å². The Balaban J connectivity index is 2.07. The highest BCUT2D eigenvalue weighted by molar-refractivity contribution is 5.20. The van der Waals surface area contributed by atoms with E-state index in [1.54, 1.807) is 12.1 Å². The van der Waals surface area contributed by atoms with Crippen LogP contribution in [-0.2, 0) is 6.42 Å². The zero-order valence-corrected chi connectivity index (χ0v) is 12.0. The molecule has 0 amide bonds. The molecule has 19 heavy (non-hydrogen) atoms. The molecule has 1 nitrogen and oxygen atoms in total. The van der Waals surface area contributed by atoms with E-state index in [2.05, 4.69) is 26.1 Å². The molecule has 1 atom stereocenters. The lowest BCUT2D eigenvalue weighted by atomic mass is 9.77. The van der Waals surface area contributed by atoms with Crippen molar-refractivity contribution in [2.45, 2.75) is 46.1 Å². The van der Waals surface area contributed by atoms with Crippen molar-refractivity contribution in [1.82, 2.24) is 5.32 Å². The lowest BCUT2D eigenvalue weighted by molar-refractivity contribution is 0.228. The summed E-state index contributed by atoms with van der Waals surface area (Å²) in [5.41, 5.74) is 0.554. The first-order chi connectivity index (χ1) is 8.88. The third kappa shape index (κ3) is 4.00. The summed E-state index contributed by atoms with van der Waals surface area (Å²) < 4.78 is 27.0. The minimum absolute atomic E-state index is 0.0701. The Morgan fingerprint density at radius 1 is 1.26 bits per heavy atom. The van der Waals surface area contributed by atoms with Crippen molar-refractivity contribution >= 4 is 0 Å². The van der Waals surface area contributed by atoms with Crippen LogP contribution < -0.4 is 5.32 Å². The smallest absolute Gasteiger partial charge is 0.162 e. The Hall–Kier alpha value is -0.960. The van der Waals surface area contributed by atoms with E-state index in [-0.39, 0.29) is 5.41 Å². The number of benzene rings is 1. The Kier molecular flexibility index (Phi) is 4.24. The van der Waals surface area contributed by atoms with Crippen LogP contribution in [0, 0.1) is 23.0 Å². The molecule has 1 aromatic rings. The molecular weight excluding hydrogens is 244 g/mol. The van der Waals surface area contributed by atoms with Crippen LogP contribution >= 0.6 is 0 Å². The van der Waals surface area contributed by atoms with E-state index in [0.29, 0.717) is 23.9 Å². The molecule has 0 spiro atoms. The molecule has 1 aromatic carbocycles. The van der Waals surface area contributed by atoms with Gasteiger partial charge in [0, 0.05) is 6.04 Å². The molecule has 3 heteroatoms. The quantitative estimate of drug-likeness (QED) is 0.852. The van der Waals surface area contributed by atoms with Crippen LogP contribution in [0.4, 0.5) is 8.78 Å². The molecule has 1 aliphatic rings. The molecule has 2 rings (SSSR count). The SMILES string of the molecule is CC(C)(C)C(CNC1CC1)Cc1cccc(F)c1F. The highest BCUT2D eigenvalue weighted by Crippen LogP contribution is 2.31. The molecule has 0 heterocycles. The van der Waals surface area contributed by atoms with Gasteiger partial charge in [-0.3, -0.25) is 0 Å². The van der Waals surface area contributed by atoms with Gasteiger partial charge < -0.3 is 5.32 Å². The monoisotopic (exact) mass is 267 g/mol. The van der Waals surface area contributed by atoms with Crippen LogP contribution in [0.3, 0.4) is 0 Å². The molecule has 0 aliphatic heterocycles. The fourth-order valence-corrected chi connectivity index (χ4v) is 2.25. The fraction of sp³-hybridized carbons (Fsp3) is 0.625. The second-order valence-corrected chi connectivity index (χ2v) is 6.66. The van der Waals surface area contributed by atoms with E-state index >= 15 is 0 Å². The molecule has 0 radical (unpaired) electrons. The highest BCUT2D eigenvalue weighted by Gasteiger charge is 2.29. The molecule has 0 bridgehead atoms. The fourth-order valence-electron chi connectivity index (χ4n) is 2.25. The molecule has 106 valence electrons. The van der Waals surface area contributed by atoms with Crippen molar-refractivity contribution < 1.29 is 8.78 Å². The van der Waals surface area contributed by atoms with Crippen molar-refractivity contribution in [3.05, 3.63) is 35.4 Å². The molecular formula is C16H23F2N. The van der Waals surface area contributed by atoms with Crippen molar-refractivity contribution in [2.24, 2.45) is 11.3 Å². The number of rotatable bonds is 5. The van der Waals surface area contributed by atoms with Gasteiger partial charge in [0.05, 0.1) is 0 Å². The van der Waals surface area contributed by atoms with Crippen LogP contribution in [-0.4, -0.2) is 12.6 Å². The largest absolute Gasteiger partial charge is 0.314 e. The summed E-state index contributed by atoms with van der Waals surface area (Å²) in [6, 6.07) is 5.09. The first kappa shape index (κ1) is 14.4. The summed E-state index contributed by atoms with van der Waals surface area (Å²) in [5, 5.41) is 3.50. The average Bonchev–Trinajstić information content (AvgIpc) is 3.12. The van der Waals surface area contributed by atoms with Gasteiger partial charge in [-0.1, -0.05) is 32.9 Å². The topological polar surface area (TPSA) is 12.0 Å². The standard InChI is InChI=1S/C16H23F2N/c1-16(2,3)12(10-19-13-7-8-13)9-11-5-4-6-14(17)15(11)18/h4-6,12-13,19H,7-10H2,1-3H3. The molecule has 1 unspecified atom stereocenters. The molecule has 1 saturated carbocycles. The molecule has 1 aliphatic carbocycles. The van der Waals surface area contributed by atoms with Gasteiger partial charge in [-0.05, 0) is 48.8 Å². The summed E-state index contributed by atoms with van der Waals surface area (Å²) in [6.07, 6.45) is 3.06. The average molecular weight is 267 g/mol. The third-order valence-electron chi connectivity index (χ3n) is 3.95. The highest BCUT2D eigenvalue weighted by atomic mass is 19.2. The second kappa shape index (κ2) is 5.58. The Bertz CT molecular complexity index is 433. The predicted molar refractivity (Wildman–Crippen MR) is 74.0 cm³/mol. The van der Waals surface area contributed by atoms with E-state index in [1.807, 2.05) is 0 Å². The van der Waals surface area contributed by atoms with Gasteiger partial charge in [0.1, 0.15) is 0 Å². The summed E-state index contributed by atoms with van der Waals surface area (Å²) in [4.78, 5) is 0. The maximum Gasteiger partial charge on any atom is 0.162 e. The van der Waals surface area contributed by atoms with Gasteiger partial charge in [-0.25, -0.2) is 8.78 Å². The van der Waals surface area contributed by atoms with Crippen LogP contribution in [0.5, 0.6) is 0 Å². The lowest BCUT2D eigenvalue weighted by Crippen LogP contribution is -2.34.